The molecule has 3 aromatic rings. The molecule has 0 saturated carbocycles. The van der Waals surface area contributed by atoms with E-state index in [0.717, 1.165) is 0 Å². The second-order valence-electron chi connectivity index (χ2n) is 13.7. The van der Waals surface area contributed by atoms with Crippen LogP contribution >= 0.6 is 0 Å². The van der Waals surface area contributed by atoms with E-state index in [-0.39, 0.29) is 35.0 Å². The lowest BCUT2D eigenvalue weighted by atomic mass is 9.96. The van der Waals surface area contributed by atoms with E-state index in [0.29, 0.717) is 62.0 Å². The molecule has 0 aromatic heterocycles. The van der Waals surface area contributed by atoms with Crippen LogP contribution in [0.4, 0.5) is 11.4 Å². The van der Waals surface area contributed by atoms with Gasteiger partial charge in [0.1, 0.15) is 0 Å². The Hall–Kier alpha value is -8.08. The number of hydrazone groups is 4. The number of carbonyl (C=O) groups excluding carboxylic acids is 2. The van der Waals surface area contributed by atoms with Gasteiger partial charge in [-0.3, -0.25) is 31.2 Å². The van der Waals surface area contributed by atoms with Crippen LogP contribution in [0.2, 0.25) is 0 Å². The Kier molecular flexibility index (Phi) is 14.9. The van der Waals surface area contributed by atoms with E-state index in [4.69, 9.17) is 44.6 Å². The summed E-state index contributed by atoms with van der Waals surface area (Å²) in [6.45, 7) is 12.5. The van der Waals surface area contributed by atoms with Crippen LogP contribution in [-0.4, -0.2) is 58.5 Å². The van der Waals surface area contributed by atoms with Gasteiger partial charge >= 0.3 is 0 Å². The molecule has 3 aromatic carbocycles. The normalized spacial score (nSPS) is 12.0. The third kappa shape index (κ3) is 14.3. The summed E-state index contributed by atoms with van der Waals surface area (Å²) < 4.78 is 0. The number of hydrogen-bond acceptors (Lipinski definition) is 10. The van der Waals surface area contributed by atoms with Crippen molar-refractivity contribution in [2.45, 2.75) is 48.5 Å². The average Bonchev–Trinajstić information content (AvgIpc) is 3.15. The molecule has 302 valence electrons. The second kappa shape index (κ2) is 19.5. The largest absolute Gasteiger partial charge is 0.369 e. The van der Waals surface area contributed by atoms with Crippen LogP contribution < -0.4 is 55.3 Å². The zero-order valence-electron chi connectivity index (χ0n) is 33.1. The maximum atomic E-state index is 14.0. The van der Waals surface area contributed by atoms with Gasteiger partial charge < -0.3 is 33.6 Å². The molecule has 3 rings (SSSR count). The van der Waals surface area contributed by atoms with Crippen molar-refractivity contribution in [3.05, 3.63) is 93.5 Å². The van der Waals surface area contributed by atoms with Gasteiger partial charge in [0.2, 0.25) is 23.8 Å². The van der Waals surface area contributed by atoms with Crippen molar-refractivity contribution in [2.24, 2.45) is 48.8 Å². The number of nitrogens with zero attached hydrogens (tertiary/aromatic N) is 4. The summed E-state index contributed by atoms with van der Waals surface area (Å²) in [5.41, 5.74) is 36.1. The Bertz CT molecular complexity index is 2090. The van der Waals surface area contributed by atoms with Gasteiger partial charge in [0.05, 0.1) is 22.8 Å². The zero-order chi connectivity index (χ0) is 43.3. The van der Waals surface area contributed by atoms with Crippen molar-refractivity contribution < 1.29 is 9.59 Å². The molecule has 0 aliphatic heterocycles. The van der Waals surface area contributed by atoms with Gasteiger partial charge in [0.15, 0.2) is 0 Å². The van der Waals surface area contributed by atoms with Gasteiger partial charge in [0.25, 0.3) is 11.8 Å². The van der Waals surface area contributed by atoms with Gasteiger partial charge in [-0.05, 0) is 103 Å². The molecule has 0 bridgehead atoms. The number of anilines is 2. The molecule has 0 saturated heterocycles. The van der Waals surface area contributed by atoms with E-state index in [1.54, 1.807) is 76.2 Å². The molecule has 0 atom stereocenters. The highest BCUT2D eigenvalue weighted by atomic mass is 16.2. The fraction of sp³-hybridized carbons (Fsp3) is 0.211. The molecule has 2 amide bonds. The predicted molar refractivity (Wildman–Crippen MR) is 231 cm³/mol. The van der Waals surface area contributed by atoms with Crippen LogP contribution in [0, 0.1) is 38.9 Å². The van der Waals surface area contributed by atoms with E-state index in [1.807, 2.05) is 20.8 Å². The lowest BCUT2D eigenvalue weighted by molar-refractivity contribution is 0.102. The van der Waals surface area contributed by atoms with Gasteiger partial charge in [-0.1, -0.05) is 11.8 Å². The monoisotopic (exact) mass is 788 g/mol. The molecule has 0 unspecified atom stereocenters. The van der Waals surface area contributed by atoms with Crippen LogP contribution in [0.1, 0.15) is 97.0 Å². The first-order chi connectivity index (χ1) is 27.1. The summed E-state index contributed by atoms with van der Waals surface area (Å²) in [7, 11) is 0. The summed E-state index contributed by atoms with van der Waals surface area (Å²) in [5.74, 6) is 3.62. The number of carbonyl (C=O) groups is 2. The minimum Gasteiger partial charge on any atom is -0.369 e. The molecule has 0 heterocycles. The van der Waals surface area contributed by atoms with E-state index in [2.05, 4.69) is 64.6 Å². The van der Waals surface area contributed by atoms with Crippen molar-refractivity contribution >= 4 is 69.9 Å². The average molecular weight is 789 g/mol. The third-order valence-corrected chi connectivity index (χ3v) is 7.47. The Balaban J connectivity index is 2.14. The summed E-state index contributed by atoms with van der Waals surface area (Å²) in [6, 6.07) is 14.7. The minimum atomic E-state index is -0.566. The lowest BCUT2D eigenvalue weighted by Crippen LogP contribution is -2.27. The molecule has 0 radical (unpaired) electrons. The first-order valence-corrected chi connectivity index (χ1v) is 17.3. The van der Waals surface area contributed by atoms with E-state index >= 15 is 0 Å². The highest BCUT2D eigenvalue weighted by molar-refractivity contribution is 6.12. The predicted octanol–water partition coefficient (Wildman–Crippen LogP) is 2.42. The van der Waals surface area contributed by atoms with Crippen molar-refractivity contribution in [1.82, 2.24) is 21.7 Å². The van der Waals surface area contributed by atoms with Crippen LogP contribution in [0.25, 0.3) is 0 Å². The Labute approximate surface area is 335 Å². The van der Waals surface area contributed by atoms with Gasteiger partial charge in [0, 0.05) is 55.7 Å². The first kappa shape index (κ1) is 44.3. The Morgan fingerprint density at radius 1 is 0.500 bits per heavy atom. The summed E-state index contributed by atoms with van der Waals surface area (Å²) in [6.07, 6.45) is 0. The zero-order valence-corrected chi connectivity index (χ0v) is 33.1. The van der Waals surface area contributed by atoms with Crippen LogP contribution in [-0.2, 0) is 0 Å². The van der Waals surface area contributed by atoms with Crippen LogP contribution in [0.3, 0.4) is 0 Å². The molecule has 20 heteroatoms. The second-order valence-corrected chi connectivity index (χ2v) is 13.7. The summed E-state index contributed by atoms with van der Waals surface area (Å²) >= 11 is 0. The van der Waals surface area contributed by atoms with Crippen LogP contribution in [0.15, 0.2) is 75.0 Å². The fourth-order valence-corrected chi connectivity index (χ4v) is 4.70. The fourth-order valence-electron chi connectivity index (χ4n) is 4.70. The third-order valence-electron chi connectivity index (χ3n) is 7.47. The van der Waals surface area contributed by atoms with Gasteiger partial charge in [-0.2, -0.15) is 20.4 Å². The summed E-state index contributed by atoms with van der Waals surface area (Å²) in [5, 5.41) is 52.1. The number of nitrogens with one attached hydrogen (secondary N) is 10. The van der Waals surface area contributed by atoms with E-state index < -0.39 is 17.2 Å². The number of guanidine groups is 4. The highest BCUT2D eigenvalue weighted by Gasteiger charge is 2.17. The van der Waals surface area contributed by atoms with Gasteiger partial charge in [-0.15, -0.1) is 0 Å². The van der Waals surface area contributed by atoms with Crippen molar-refractivity contribution in [3.8, 4) is 11.8 Å². The van der Waals surface area contributed by atoms with Crippen molar-refractivity contribution in [1.29, 1.82) is 21.6 Å². The molecule has 0 aliphatic carbocycles. The number of hydrogen-bond donors (Lipinski definition) is 14. The number of amides is 2. The standard InChI is InChI=1S/C38H48N18O2/c1-19(49-53-34(39)40)24-12-25(20(2)50-54-35(41)42)16-30(15-24)47-32(57)28-10-23(8-9-38(5,6)7)11-29(14-28)33(58)48-31-17-26(21(3)51-55-36(43)44)13-27(18-31)22(4)52-56-37(45)46/h10-18H,1-7H3,(H,47,57)(H,48,58)(H4,39,40,53)(H4,41,42,54)(H4,43,44,55)(H4,45,46,56)/b49-19+,50-20+,51-21+,52-22+. The molecular formula is C38H48N18O2. The maximum absolute atomic E-state index is 14.0. The number of rotatable bonds is 12. The molecule has 58 heavy (non-hydrogen) atoms. The topological polar surface area (TPSA) is 355 Å². The highest BCUT2D eigenvalue weighted by Crippen LogP contribution is 2.22. The quantitative estimate of drug-likeness (QED) is 0.0550. The smallest absolute Gasteiger partial charge is 0.255 e. The van der Waals surface area contributed by atoms with E-state index in [9.17, 15) is 9.59 Å². The Morgan fingerprint density at radius 3 is 1.03 bits per heavy atom. The molecule has 0 aliphatic rings. The lowest BCUT2D eigenvalue weighted by Gasteiger charge is -2.14. The summed E-state index contributed by atoms with van der Waals surface area (Å²) in [4.78, 5) is 28.0. The van der Waals surface area contributed by atoms with Crippen molar-refractivity contribution in [2.75, 3.05) is 10.6 Å². The minimum absolute atomic E-state index is 0.121. The molecule has 0 fully saturated rings. The molecule has 18 N–H and O–H groups in total. The SMILES string of the molecule is C/C(=N\NC(=N)N)c1cc(NC(=O)c2cc(C#CC(C)(C)C)cc(C(=O)Nc3cc(/C(C)=N/NC(=N)N)cc(/C(C)=N/NC(=N)N)c3)c2)cc(/C(C)=N/NC(=N)N)c1. The molecule has 0 spiro atoms. The van der Waals surface area contributed by atoms with Crippen molar-refractivity contribution in [3.63, 3.8) is 0 Å². The first-order valence-electron chi connectivity index (χ1n) is 17.3. The van der Waals surface area contributed by atoms with E-state index in [1.165, 1.54) is 6.07 Å². The number of benzene rings is 3. The number of nitrogens with two attached hydrogens (primary N) is 4. The Morgan fingerprint density at radius 2 is 0.776 bits per heavy atom. The van der Waals surface area contributed by atoms with Gasteiger partial charge in [-0.25, -0.2) is 21.7 Å². The molecule has 20 nitrogen and oxygen atoms in total. The maximum Gasteiger partial charge on any atom is 0.255 e. The molecular weight excluding hydrogens is 741 g/mol. The van der Waals surface area contributed by atoms with Crippen LogP contribution in [0.5, 0.6) is 0 Å².